The van der Waals surface area contributed by atoms with Gasteiger partial charge in [0, 0.05) is 0 Å². The van der Waals surface area contributed by atoms with Gasteiger partial charge < -0.3 is 0 Å². The lowest BCUT2D eigenvalue weighted by Crippen LogP contribution is -2.22. The van der Waals surface area contributed by atoms with E-state index in [9.17, 15) is 0 Å². The van der Waals surface area contributed by atoms with Crippen LogP contribution in [0.4, 0.5) is 0 Å². The Kier molecular flexibility index (Phi) is 14.2. The van der Waals surface area contributed by atoms with Gasteiger partial charge in [0.15, 0.2) is 0 Å². The molecule has 1 aromatic rings. The van der Waals surface area contributed by atoms with E-state index in [2.05, 4.69) is 50.3 Å². The third-order valence-electron chi connectivity index (χ3n) is 1.73. The first-order valence-corrected chi connectivity index (χ1v) is 6.10. The lowest BCUT2D eigenvalue weighted by molar-refractivity contribution is 1.28. The van der Waals surface area contributed by atoms with Crippen LogP contribution in [0.1, 0.15) is 48.0 Å². The molecule has 0 saturated carbocycles. The van der Waals surface area contributed by atoms with E-state index in [1.807, 2.05) is 27.7 Å². The standard InChI is InChI=1S/C11H14.2C2H6/c1-3-7-11-9-6-5-8-10(11)4-2;2*1-2/h4-9H,3H2,1-2H3;2*1-2H3/b10-4-,11-7-;;. The summed E-state index contributed by atoms with van der Waals surface area (Å²) in [5.41, 5.74) is 0. The van der Waals surface area contributed by atoms with Crippen molar-refractivity contribution in [3.63, 3.8) is 0 Å². The van der Waals surface area contributed by atoms with Gasteiger partial charge in [-0.15, -0.1) is 0 Å². The largest absolute Gasteiger partial charge is 0.0798 e. The number of benzene rings is 1. The summed E-state index contributed by atoms with van der Waals surface area (Å²) in [7, 11) is 0. The van der Waals surface area contributed by atoms with Crippen LogP contribution in [0, 0.1) is 0 Å². The summed E-state index contributed by atoms with van der Waals surface area (Å²) < 4.78 is 0. The smallest absolute Gasteiger partial charge is 0.0227 e. The first-order chi connectivity index (χ1) is 7.38. The molecule has 0 radical (unpaired) electrons. The highest BCUT2D eigenvalue weighted by Gasteiger charge is 1.79. The van der Waals surface area contributed by atoms with Gasteiger partial charge in [0.2, 0.25) is 0 Å². The topological polar surface area (TPSA) is 0 Å². The van der Waals surface area contributed by atoms with Gasteiger partial charge in [-0.05, 0) is 23.8 Å². The number of hydrogen-bond acceptors (Lipinski definition) is 0. The Balaban J connectivity index is 0. The lowest BCUT2D eigenvalue weighted by atomic mass is 10.2. The fraction of sp³-hybridized carbons (Fsp3) is 0.467. The van der Waals surface area contributed by atoms with Crippen LogP contribution in [0.15, 0.2) is 24.3 Å². The zero-order valence-electron chi connectivity index (χ0n) is 11.2. The van der Waals surface area contributed by atoms with E-state index >= 15 is 0 Å². The van der Waals surface area contributed by atoms with Gasteiger partial charge >= 0.3 is 0 Å². The van der Waals surface area contributed by atoms with Gasteiger partial charge in [-0.2, -0.15) is 0 Å². The molecular weight excluding hydrogens is 180 g/mol. The minimum atomic E-state index is 1.10. The van der Waals surface area contributed by atoms with E-state index in [-0.39, 0.29) is 0 Å². The first-order valence-electron chi connectivity index (χ1n) is 6.10. The maximum Gasteiger partial charge on any atom is -0.0227 e. The Morgan fingerprint density at radius 1 is 0.933 bits per heavy atom. The normalized spacial score (nSPS) is 11.1. The minimum Gasteiger partial charge on any atom is -0.0798 e. The summed E-state index contributed by atoms with van der Waals surface area (Å²) in [6.45, 7) is 12.2. The van der Waals surface area contributed by atoms with Crippen LogP contribution in [0.25, 0.3) is 12.2 Å². The van der Waals surface area contributed by atoms with Gasteiger partial charge in [0.1, 0.15) is 0 Å². The summed E-state index contributed by atoms with van der Waals surface area (Å²) in [5, 5.41) is 2.67. The summed E-state index contributed by atoms with van der Waals surface area (Å²) in [6.07, 6.45) is 5.49. The average Bonchev–Trinajstić information content (AvgIpc) is 2.35. The van der Waals surface area contributed by atoms with Gasteiger partial charge in [-0.3, -0.25) is 0 Å². The molecule has 86 valence electrons. The molecular formula is C15H26. The van der Waals surface area contributed by atoms with Gasteiger partial charge in [0.25, 0.3) is 0 Å². The van der Waals surface area contributed by atoms with E-state index in [1.54, 1.807) is 0 Å². The van der Waals surface area contributed by atoms with Crippen molar-refractivity contribution in [2.24, 2.45) is 0 Å². The molecule has 0 nitrogen and oxygen atoms in total. The zero-order valence-corrected chi connectivity index (χ0v) is 11.2. The van der Waals surface area contributed by atoms with Crippen LogP contribution < -0.4 is 10.4 Å². The molecule has 0 saturated heterocycles. The molecule has 0 unspecified atom stereocenters. The van der Waals surface area contributed by atoms with E-state index in [0.29, 0.717) is 0 Å². The Bertz CT molecular complexity index is 320. The van der Waals surface area contributed by atoms with E-state index in [4.69, 9.17) is 0 Å². The van der Waals surface area contributed by atoms with Crippen molar-refractivity contribution in [1.82, 2.24) is 0 Å². The predicted octanol–water partition coefficient (Wildman–Crippen LogP) is 3.73. The third kappa shape index (κ3) is 6.96. The summed E-state index contributed by atoms with van der Waals surface area (Å²) >= 11 is 0. The highest BCUT2D eigenvalue weighted by Crippen LogP contribution is 1.76. The molecule has 0 bridgehead atoms. The van der Waals surface area contributed by atoms with Gasteiger partial charge in [-0.1, -0.05) is 71.0 Å². The van der Waals surface area contributed by atoms with Crippen molar-refractivity contribution >= 4 is 12.2 Å². The van der Waals surface area contributed by atoms with E-state index in [1.165, 1.54) is 10.4 Å². The van der Waals surface area contributed by atoms with Crippen molar-refractivity contribution in [2.75, 3.05) is 0 Å². The molecule has 0 amide bonds. The van der Waals surface area contributed by atoms with E-state index in [0.717, 1.165) is 6.42 Å². The maximum atomic E-state index is 2.25. The Morgan fingerprint density at radius 2 is 1.40 bits per heavy atom. The molecule has 0 aromatic heterocycles. The first kappa shape index (κ1) is 16.4. The van der Waals surface area contributed by atoms with Crippen molar-refractivity contribution in [3.05, 3.63) is 34.7 Å². The SMILES string of the molecule is C/C=c1/cccc/c1=C/CC.CC.CC. The Morgan fingerprint density at radius 3 is 1.80 bits per heavy atom. The van der Waals surface area contributed by atoms with Crippen LogP contribution in [-0.2, 0) is 0 Å². The zero-order chi connectivity index (χ0) is 12.1. The molecule has 0 aliphatic carbocycles. The fourth-order valence-corrected chi connectivity index (χ4v) is 1.18. The minimum absolute atomic E-state index is 1.10. The summed E-state index contributed by atoms with van der Waals surface area (Å²) in [4.78, 5) is 0. The van der Waals surface area contributed by atoms with Gasteiger partial charge in [0.05, 0.1) is 0 Å². The van der Waals surface area contributed by atoms with Crippen molar-refractivity contribution in [2.45, 2.75) is 48.0 Å². The van der Waals surface area contributed by atoms with Crippen molar-refractivity contribution in [3.8, 4) is 0 Å². The second kappa shape index (κ2) is 13.0. The predicted molar refractivity (Wildman–Crippen MR) is 73.3 cm³/mol. The van der Waals surface area contributed by atoms with Crippen molar-refractivity contribution < 1.29 is 0 Å². The Labute approximate surface area is 95.3 Å². The summed E-state index contributed by atoms with van der Waals surface area (Å²) in [6, 6.07) is 8.44. The Hall–Kier alpha value is -1.04. The quantitative estimate of drug-likeness (QED) is 0.657. The van der Waals surface area contributed by atoms with Crippen LogP contribution in [0.3, 0.4) is 0 Å². The molecule has 0 atom stereocenters. The molecule has 0 fully saturated rings. The molecule has 0 spiro atoms. The van der Waals surface area contributed by atoms with Crippen LogP contribution in [0.2, 0.25) is 0 Å². The highest BCUT2D eigenvalue weighted by molar-refractivity contribution is 5.29. The van der Waals surface area contributed by atoms with E-state index < -0.39 is 0 Å². The average molecular weight is 206 g/mol. The second-order valence-corrected chi connectivity index (χ2v) is 2.53. The third-order valence-corrected chi connectivity index (χ3v) is 1.73. The summed E-state index contributed by atoms with van der Waals surface area (Å²) in [5.74, 6) is 0. The molecule has 0 aliphatic heterocycles. The molecule has 0 heterocycles. The molecule has 0 N–H and O–H groups in total. The fourth-order valence-electron chi connectivity index (χ4n) is 1.18. The van der Waals surface area contributed by atoms with Crippen molar-refractivity contribution in [1.29, 1.82) is 0 Å². The monoisotopic (exact) mass is 206 g/mol. The van der Waals surface area contributed by atoms with Crippen LogP contribution in [0.5, 0.6) is 0 Å². The molecule has 0 aliphatic rings. The molecule has 1 aromatic carbocycles. The number of hydrogen-bond donors (Lipinski definition) is 0. The second-order valence-electron chi connectivity index (χ2n) is 2.53. The van der Waals surface area contributed by atoms with Gasteiger partial charge in [-0.25, -0.2) is 0 Å². The molecule has 15 heavy (non-hydrogen) atoms. The van der Waals surface area contributed by atoms with Crippen LogP contribution >= 0.6 is 0 Å². The number of rotatable bonds is 1. The molecule has 0 heteroatoms. The van der Waals surface area contributed by atoms with Crippen LogP contribution in [-0.4, -0.2) is 0 Å². The molecule has 1 rings (SSSR count). The lowest BCUT2D eigenvalue weighted by Gasteiger charge is -1.87. The maximum absolute atomic E-state index is 2.25. The highest BCUT2D eigenvalue weighted by atomic mass is 13.8.